The molecular formula is C22H26N4. The fourth-order valence-electron chi connectivity index (χ4n) is 4.46. The van der Waals surface area contributed by atoms with Crippen LogP contribution in [-0.4, -0.2) is 58.9 Å². The van der Waals surface area contributed by atoms with Crippen LogP contribution in [0, 0.1) is 0 Å². The van der Waals surface area contributed by atoms with E-state index in [0.717, 1.165) is 52.4 Å². The molecule has 134 valence electrons. The van der Waals surface area contributed by atoms with Crippen molar-refractivity contribution in [1.29, 1.82) is 0 Å². The van der Waals surface area contributed by atoms with Gasteiger partial charge in [0, 0.05) is 52.4 Å². The van der Waals surface area contributed by atoms with Crippen molar-refractivity contribution in [3.63, 3.8) is 0 Å². The van der Waals surface area contributed by atoms with Crippen LogP contribution in [0.4, 0.5) is 0 Å². The van der Waals surface area contributed by atoms with Crippen LogP contribution in [0.1, 0.15) is 11.1 Å². The summed E-state index contributed by atoms with van der Waals surface area (Å²) < 4.78 is 0. The summed E-state index contributed by atoms with van der Waals surface area (Å²) in [7, 11) is 0. The first kappa shape index (κ1) is 15.6. The molecule has 2 aromatic rings. The van der Waals surface area contributed by atoms with E-state index in [0.29, 0.717) is 0 Å². The monoisotopic (exact) mass is 346 g/mol. The van der Waals surface area contributed by atoms with Gasteiger partial charge in [0.25, 0.3) is 0 Å². The minimum atomic E-state index is 1.00. The number of nitrogens with zero attached hydrogens (tertiary/aromatic N) is 4. The zero-order valence-electron chi connectivity index (χ0n) is 15.2. The van der Waals surface area contributed by atoms with Crippen LogP contribution in [0.15, 0.2) is 72.3 Å². The van der Waals surface area contributed by atoms with Crippen LogP contribution in [-0.2, 0) is 13.1 Å². The highest BCUT2D eigenvalue weighted by Crippen LogP contribution is 2.34. The molecule has 4 heteroatoms. The highest BCUT2D eigenvalue weighted by atomic mass is 15.5. The lowest BCUT2D eigenvalue weighted by Gasteiger charge is -2.38. The van der Waals surface area contributed by atoms with Crippen LogP contribution in [0.25, 0.3) is 0 Å². The van der Waals surface area contributed by atoms with Gasteiger partial charge in [-0.25, -0.2) is 0 Å². The summed E-state index contributed by atoms with van der Waals surface area (Å²) in [4.78, 5) is 10.4. The fraction of sp³-hybridized carbons (Fsp3) is 0.364. The van der Waals surface area contributed by atoms with E-state index in [2.05, 4.69) is 80.3 Å². The Hall–Kier alpha value is -2.62. The maximum atomic E-state index is 2.60. The van der Waals surface area contributed by atoms with E-state index in [-0.39, 0.29) is 0 Å². The van der Waals surface area contributed by atoms with E-state index in [9.17, 15) is 0 Å². The van der Waals surface area contributed by atoms with Gasteiger partial charge in [0.05, 0.1) is 0 Å². The topological polar surface area (TPSA) is 13.0 Å². The van der Waals surface area contributed by atoms with Crippen molar-refractivity contribution < 1.29 is 0 Å². The Labute approximate surface area is 155 Å². The van der Waals surface area contributed by atoms with Crippen LogP contribution < -0.4 is 0 Å². The van der Waals surface area contributed by atoms with Gasteiger partial charge in [0.2, 0.25) is 0 Å². The second-order valence-electron chi connectivity index (χ2n) is 7.44. The van der Waals surface area contributed by atoms with Crippen molar-refractivity contribution in [3.8, 4) is 0 Å². The standard InChI is InChI=1S/C22H26N4/c1-3-7-19(8-4-1)17-25-15-13-23-11-12-24-14-16-26(22(24)21(23)25)18-20-9-5-2-6-10-20/h1-10H,11-18H2. The van der Waals surface area contributed by atoms with E-state index in [4.69, 9.17) is 0 Å². The molecule has 0 unspecified atom stereocenters. The van der Waals surface area contributed by atoms with Crippen LogP contribution in [0.2, 0.25) is 0 Å². The normalized spacial score (nSPS) is 19.2. The Morgan fingerprint density at radius 1 is 0.500 bits per heavy atom. The second kappa shape index (κ2) is 6.60. The molecule has 26 heavy (non-hydrogen) atoms. The van der Waals surface area contributed by atoms with E-state index >= 15 is 0 Å². The number of hydrogen-bond acceptors (Lipinski definition) is 4. The molecule has 0 atom stereocenters. The first-order chi connectivity index (χ1) is 12.9. The Morgan fingerprint density at radius 2 is 0.885 bits per heavy atom. The van der Waals surface area contributed by atoms with Gasteiger partial charge in [-0.2, -0.15) is 0 Å². The molecule has 0 N–H and O–H groups in total. The molecule has 0 spiro atoms. The predicted octanol–water partition coefficient (Wildman–Crippen LogP) is 2.76. The van der Waals surface area contributed by atoms with Crippen molar-refractivity contribution in [2.24, 2.45) is 0 Å². The SMILES string of the molecule is c1ccc(CN2CCN3CCN4CCN(Cc5ccccc5)C4=C32)cc1. The van der Waals surface area contributed by atoms with Gasteiger partial charge in [0.1, 0.15) is 11.6 Å². The molecule has 0 radical (unpaired) electrons. The summed E-state index contributed by atoms with van der Waals surface area (Å²) >= 11 is 0. The third-order valence-corrected chi connectivity index (χ3v) is 5.75. The number of rotatable bonds is 4. The zero-order chi connectivity index (χ0) is 17.3. The molecule has 4 nitrogen and oxygen atoms in total. The average molecular weight is 346 g/mol. The third kappa shape index (κ3) is 2.79. The van der Waals surface area contributed by atoms with E-state index in [1.807, 2.05) is 0 Å². The largest absolute Gasteiger partial charge is 0.352 e. The molecule has 2 saturated heterocycles. The molecule has 5 rings (SSSR count). The summed E-state index contributed by atoms with van der Waals surface area (Å²) in [5, 5.41) is 0. The highest BCUT2D eigenvalue weighted by molar-refractivity contribution is 5.25. The Morgan fingerprint density at radius 3 is 1.31 bits per heavy atom. The third-order valence-electron chi connectivity index (χ3n) is 5.75. The molecule has 0 amide bonds. The number of fused-ring (bicyclic) bond motifs is 2. The van der Waals surface area contributed by atoms with E-state index in [1.165, 1.54) is 22.8 Å². The first-order valence-electron chi connectivity index (χ1n) is 9.70. The summed E-state index contributed by atoms with van der Waals surface area (Å²) in [5.41, 5.74) is 2.79. The predicted molar refractivity (Wildman–Crippen MR) is 104 cm³/mol. The molecule has 3 heterocycles. The highest BCUT2D eigenvalue weighted by Gasteiger charge is 2.39. The number of benzene rings is 2. The minimum absolute atomic E-state index is 1.00. The van der Waals surface area contributed by atoms with E-state index in [1.54, 1.807) is 0 Å². The Bertz CT molecular complexity index is 719. The van der Waals surface area contributed by atoms with Gasteiger partial charge >= 0.3 is 0 Å². The molecule has 0 bridgehead atoms. The Kier molecular flexibility index (Phi) is 3.96. The van der Waals surface area contributed by atoms with Crippen LogP contribution >= 0.6 is 0 Å². The molecule has 2 aromatic carbocycles. The van der Waals surface area contributed by atoms with Crippen molar-refractivity contribution in [1.82, 2.24) is 19.6 Å². The van der Waals surface area contributed by atoms with Crippen LogP contribution in [0.5, 0.6) is 0 Å². The molecule has 3 aliphatic heterocycles. The lowest BCUT2D eigenvalue weighted by Crippen LogP contribution is -2.42. The second-order valence-corrected chi connectivity index (χ2v) is 7.44. The van der Waals surface area contributed by atoms with Crippen molar-refractivity contribution in [3.05, 3.63) is 83.4 Å². The fourth-order valence-corrected chi connectivity index (χ4v) is 4.46. The maximum Gasteiger partial charge on any atom is 0.146 e. The van der Waals surface area contributed by atoms with E-state index < -0.39 is 0 Å². The van der Waals surface area contributed by atoms with Crippen molar-refractivity contribution in [2.45, 2.75) is 13.1 Å². The van der Waals surface area contributed by atoms with Gasteiger partial charge in [-0.05, 0) is 11.1 Å². The van der Waals surface area contributed by atoms with Gasteiger partial charge < -0.3 is 19.6 Å². The van der Waals surface area contributed by atoms with Crippen molar-refractivity contribution >= 4 is 0 Å². The van der Waals surface area contributed by atoms with Gasteiger partial charge in [-0.1, -0.05) is 60.7 Å². The molecular weight excluding hydrogens is 320 g/mol. The van der Waals surface area contributed by atoms with Gasteiger partial charge in [-0.15, -0.1) is 0 Å². The number of hydrogen-bond donors (Lipinski definition) is 0. The molecule has 0 aromatic heterocycles. The molecule has 0 aliphatic carbocycles. The summed E-state index contributed by atoms with van der Waals surface area (Å²) in [6.45, 7) is 8.87. The molecule has 2 fully saturated rings. The average Bonchev–Trinajstić information content (AvgIpc) is 3.28. The maximum absolute atomic E-state index is 2.60. The minimum Gasteiger partial charge on any atom is -0.352 e. The lowest BCUT2D eigenvalue weighted by atomic mass is 10.2. The first-order valence-corrected chi connectivity index (χ1v) is 9.70. The Balaban J connectivity index is 1.46. The summed E-state index contributed by atoms with van der Waals surface area (Å²) in [5.74, 6) is 2.90. The molecule has 3 aliphatic rings. The summed E-state index contributed by atoms with van der Waals surface area (Å²) in [6, 6.07) is 21.7. The summed E-state index contributed by atoms with van der Waals surface area (Å²) in [6.07, 6.45) is 0. The van der Waals surface area contributed by atoms with Gasteiger partial charge in [0.15, 0.2) is 0 Å². The van der Waals surface area contributed by atoms with Crippen LogP contribution in [0.3, 0.4) is 0 Å². The smallest absolute Gasteiger partial charge is 0.146 e. The van der Waals surface area contributed by atoms with Gasteiger partial charge in [-0.3, -0.25) is 0 Å². The lowest BCUT2D eigenvalue weighted by molar-refractivity contribution is 0.201. The molecule has 0 saturated carbocycles. The van der Waals surface area contributed by atoms with Crippen molar-refractivity contribution in [2.75, 3.05) is 39.3 Å². The quantitative estimate of drug-likeness (QED) is 0.844. The zero-order valence-corrected chi connectivity index (χ0v) is 15.2.